The zero-order valence-electron chi connectivity index (χ0n) is 9.60. The molecule has 1 aromatic rings. The number of aromatic nitrogens is 2. The predicted molar refractivity (Wildman–Crippen MR) is 61.7 cm³/mol. The molecular formula is C10H17N3O2S. The zero-order valence-corrected chi connectivity index (χ0v) is 10.4. The van der Waals surface area contributed by atoms with Crippen molar-refractivity contribution in [2.24, 2.45) is 7.05 Å². The highest BCUT2D eigenvalue weighted by atomic mass is 32.2. The molecule has 1 N–H and O–H groups in total. The summed E-state index contributed by atoms with van der Waals surface area (Å²) in [5, 5.41) is 7.39. The smallest absolute Gasteiger partial charge is 0.152 e. The lowest BCUT2D eigenvalue weighted by Crippen LogP contribution is -2.43. The zero-order chi connectivity index (χ0) is 11.8. The summed E-state index contributed by atoms with van der Waals surface area (Å²) in [7, 11) is -0.960. The second-order valence-corrected chi connectivity index (χ2v) is 6.89. The van der Waals surface area contributed by atoms with Crippen LogP contribution in [0, 0.1) is 0 Å². The van der Waals surface area contributed by atoms with E-state index in [2.05, 4.69) is 10.4 Å². The average Bonchev–Trinajstić information content (AvgIpc) is 2.69. The van der Waals surface area contributed by atoms with Crippen LogP contribution in [0.2, 0.25) is 0 Å². The van der Waals surface area contributed by atoms with Crippen LogP contribution in [-0.4, -0.2) is 35.2 Å². The molecule has 1 saturated heterocycles. The van der Waals surface area contributed by atoms with Crippen LogP contribution < -0.4 is 5.32 Å². The summed E-state index contributed by atoms with van der Waals surface area (Å²) < 4.78 is 24.6. The average molecular weight is 243 g/mol. The lowest BCUT2D eigenvalue weighted by Gasteiger charge is -2.23. The van der Waals surface area contributed by atoms with E-state index in [0.29, 0.717) is 18.7 Å². The fraction of sp³-hybridized carbons (Fsp3) is 0.700. The van der Waals surface area contributed by atoms with Gasteiger partial charge >= 0.3 is 0 Å². The van der Waals surface area contributed by atoms with E-state index in [9.17, 15) is 8.42 Å². The summed E-state index contributed by atoms with van der Waals surface area (Å²) in [6.07, 6.45) is 2.43. The van der Waals surface area contributed by atoms with Crippen molar-refractivity contribution >= 4 is 9.84 Å². The topological polar surface area (TPSA) is 64.0 Å². The molecule has 1 aliphatic rings. The van der Waals surface area contributed by atoms with Crippen molar-refractivity contribution < 1.29 is 8.42 Å². The number of hydrogen-bond acceptors (Lipinski definition) is 4. The molecule has 0 spiro atoms. The molecule has 0 radical (unpaired) electrons. The van der Waals surface area contributed by atoms with Crippen LogP contribution in [0.4, 0.5) is 0 Å². The Labute approximate surface area is 95.8 Å². The summed E-state index contributed by atoms with van der Waals surface area (Å²) in [5.74, 6) is 0.528. The summed E-state index contributed by atoms with van der Waals surface area (Å²) in [6, 6.07) is 1.93. The second kappa shape index (κ2) is 3.85. The third-order valence-electron chi connectivity index (χ3n) is 3.12. The van der Waals surface area contributed by atoms with Crippen molar-refractivity contribution in [3.63, 3.8) is 0 Å². The Balaban J connectivity index is 1.99. The second-order valence-electron chi connectivity index (χ2n) is 4.70. The first-order valence-electron chi connectivity index (χ1n) is 5.33. The van der Waals surface area contributed by atoms with Crippen LogP contribution in [0.1, 0.15) is 19.0 Å². The highest BCUT2D eigenvalue weighted by Crippen LogP contribution is 2.23. The summed E-state index contributed by atoms with van der Waals surface area (Å²) in [6.45, 7) is 2.62. The Bertz CT molecular complexity index is 480. The molecule has 0 saturated carbocycles. The van der Waals surface area contributed by atoms with E-state index in [1.807, 2.05) is 20.0 Å². The quantitative estimate of drug-likeness (QED) is 0.817. The third kappa shape index (κ3) is 2.44. The van der Waals surface area contributed by atoms with Gasteiger partial charge in [0.25, 0.3) is 0 Å². The van der Waals surface area contributed by atoms with E-state index in [0.717, 1.165) is 5.69 Å². The maximum atomic E-state index is 11.4. The molecule has 16 heavy (non-hydrogen) atoms. The van der Waals surface area contributed by atoms with Gasteiger partial charge < -0.3 is 5.32 Å². The number of sulfone groups is 1. The van der Waals surface area contributed by atoms with Crippen LogP contribution in [0.3, 0.4) is 0 Å². The Morgan fingerprint density at radius 1 is 1.62 bits per heavy atom. The van der Waals surface area contributed by atoms with Crippen molar-refractivity contribution in [3.05, 3.63) is 18.0 Å². The van der Waals surface area contributed by atoms with Crippen LogP contribution in [0.25, 0.3) is 0 Å². The van der Waals surface area contributed by atoms with Gasteiger partial charge in [-0.15, -0.1) is 0 Å². The Kier molecular flexibility index (Phi) is 2.79. The molecule has 0 bridgehead atoms. The van der Waals surface area contributed by atoms with Gasteiger partial charge in [0.15, 0.2) is 9.84 Å². The predicted octanol–water partition coefficient (Wildman–Crippen LogP) is 0.0869. The molecule has 1 atom stereocenters. The van der Waals surface area contributed by atoms with Gasteiger partial charge in [-0.05, 0) is 19.4 Å². The van der Waals surface area contributed by atoms with Crippen LogP contribution in [0.5, 0.6) is 0 Å². The first-order valence-corrected chi connectivity index (χ1v) is 7.15. The molecular weight excluding hydrogens is 226 g/mol. The number of nitrogens with one attached hydrogen (secondary N) is 1. The number of rotatable bonds is 3. The van der Waals surface area contributed by atoms with Crippen molar-refractivity contribution in [2.45, 2.75) is 25.4 Å². The third-order valence-corrected chi connectivity index (χ3v) is 5.03. The Morgan fingerprint density at radius 3 is 2.88 bits per heavy atom. The summed E-state index contributed by atoms with van der Waals surface area (Å²) >= 11 is 0. The van der Waals surface area contributed by atoms with E-state index in [4.69, 9.17) is 0 Å². The van der Waals surface area contributed by atoms with Gasteiger partial charge in [0.05, 0.1) is 17.2 Å². The van der Waals surface area contributed by atoms with Crippen molar-refractivity contribution in [1.82, 2.24) is 15.1 Å². The standard InChI is InChI=1S/C10H17N3O2S/c1-10(4-6-16(14,15)8-10)11-7-9-3-5-12-13(9)2/h3,5,11H,4,6-8H2,1-2H3. The van der Waals surface area contributed by atoms with Crippen molar-refractivity contribution in [1.29, 1.82) is 0 Å². The number of hydrogen-bond donors (Lipinski definition) is 1. The van der Waals surface area contributed by atoms with Gasteiger partial charge in [0, 0.05) is 25.3 Å². The minimum atomic E-state index is -2.84. The molecule has 0 amide bonds. The minimum Gasteiger partial charge on any atom is -0.305 e. The maximum Gasteiger partial charge on any atom is 0.152 e. The normalized spacial score (nSPS) is 28.4. The highest BCUT2D eigenvalue weighted by Gasteiger charge is 2.37. The summed E-state index contributed by atoms with van der Waals surface area (Å²) in [5.41, 5.74) is 0.772. The summed E-state index contributed by atoms with van der Waals surface area (Å²) in [4.78, 5) is 0. The lowest BCUT2D eigenvalue weighted by atomic mass is 10.0. The van der Waals surface area contributed by atoms with Crippen LogP contribution >= 0.6 is 0 Å². The van der Waals surface area contributed by atoms with Crippen LogP contribution in [0.15, 0.2) is 12.3 Å². The largest absolute Gasteiger partial charge is 0.305 e. The van der Waals surface area contributed by atoms with Gasteiger partial charge in [0.1, 0.15) is 0 Å². The van der Waals surface area contributed by atoms with Gasteiger partial charge in [-0.2, -0.15) is 5.10 Å². The minimum absolute atomic E-state index is 0.234. The number of aryl methyl sites for hydroxylation is 1. The Morgan fingerprint density at radius 2 is 2.38 bits per heavy atom. The molecule has 1 aromatic heterocycles. The van der Waals surface area contributed by atoms with E-state index < -0.39 is 9.84 Å². The maximum absolute atomic E-state index is 11.4. The van der Waals surface area contributed by atoms with Crippen molar-refractivity contribution in [2.75, 3.05) is 11.5 Å². The van der Waals surface area contributed by atoms with Gasteiger partial charge in [0.2, 0.25) is 0 Å². The van der Waals surface area contributed by atoms with E-state index in [1.54, 1.807) is 10.9 Å². The fourth-order valence-electron chi connectivity index (χ4n) is 2.03. The molecule has 2 heterocycles. The van der Waals surface area contributed by atoms with Crippen LogP contribution in [-0.2, 0) is 23.4 Å². The molecule has 0 aliphatic carbocycles. The molecule has 6 heteroatoms. The van der Waals surface area contributed by atoms with Crippen molar-refractivity contribution in [3.8, 4) is 0 Å². The molecule has 0 aromatic carbocycles. The van der Waals surface area contributed by atoms with E-state index in [-0.39, 0.29) is 11.3 Å². The first-order chi connectivity index (χ1) is 7.40. The first kappa shape index (κ1) is 11.6. The van der Waals surface area contributed by atoms with E-state index >= 15 is 0 Å². The molecule has 5 nitrogen and oxygen atoms in total. The molecule has 2 rings (SSSR count). The molecule has 90 valence electrons. The highest BCUT2D eigenvalue weighted by molar-refractivity contribution is 7.91. The van der Waals surface area contributed by atoms with E-state index in [1.165, 1.54) is 0 Å². The monoisotopic (exact) mass is 243 g/mol. The fourth-order valence-corrected chi connectivity index (χ4v) is 4.15. The molecule has 1 aliphatic heterocycles. The lowest BCUT2D eigenvalue weighted by molar-refractivity contribution is 0.389. The van der Waals surface area contributed by atoms with Gasteiger partial charge in [-0.1, -0.05) is 0 Å². The van der Waals surface area contributed by atoms with Gasteiger partial charge in [-0.25, -0.2) is 8.42 Å². The SMILES string of the molecule is Cn1nccc1CNC1(C)CCS(=O)(=O)C1. The number of nitrogens with zero attached hydrogens (tertiary/aromatic N) is 2. The molecule has 1 fully saturated rings. The Hall–Kier alpha value is -0.880. The molecule has 1 unspecified atom stereocenters. The van der Waals surface area contributed by atoms with Gasteiger partial charge in [-0.3, -0.25) is 4.68 Å².